The van der Waals surface area contributed by atoms with E-state index in [0.29, 0.717) is 28.4 Å². The van der Waals surface area contributed by atoms with Crippen molar-refractivity contribution in [2.24, 2.45) is 7.05 Å². The number of methoxy groups -OCH3 is 2. The zero-order chi connectivity index (χ0) is 14.7. The maximum absolute atomic E-state index is 12.0. The number of amides is 1. The Morgan fingerprint density at radius 3 is 2.50 bits per heavy atom. The first-order chi connectivity index (χ1) is 9.55. The molecule has 0 bridgehead atoms. The van der Waals surface area contributed by atoms with Crippen molar-refractivity contribution in [1.82, 2.24) is 9.78 Å². The molecular formula is C13H16N4O3. The molecule has 20 heavy (non-hydrogen) atoms. The Morgan fingerprint density at radius 2 is 1.95 bits per heavy atom. The monoisotopic (exact) mass is 276 g/mol. The second kappa shape index (κ2) is 5.52. The first kappa shape index (κ1) is 13.7. The lowest BCUT2D eigenvalue weighted by Gasteiger charge is -2.13. The molecule has 1 aromatic heterocycles. The van der Waals surface area contributed by atoms with Crippen molar-refractivity contribution in [2.75, 3.05) is 25.3 Å². The van der Waals surface area contributed by atoms with Crippen LogP contribution < -0.4 is 20.5 Å². The summed E-state index contributed by atoms with van der Waals surface area (Å²) in [6.07, 6.45) is 3.10. The predicted octanol–water partition coefficient (Wildman–Crippen LogP) is 1.27. The average molecular weight is 276 g/mol. The van der Waals surface area contributed by atoms with E-state index in [2.05, 4.69) is 10.4 Å². The lowest BCUT2D eigenvalue weighted by molar-refractivity contribution is 0.102. The number of aryl methyl sites for hydroxylation is 1. The molecular weight excluding hydrogens is 260 g/mol. The van der Waals surface area contributed by atoms with Crippen LogP contribution in [0.5, 0.6) is 11.5 Å². The minimum atomic E-state index is -0.294. The van der Waals surface area contributed by atoms with E-state index < -0.39 is 0 Å². The molecule has 0 aliphatic heterocycles. The maximum Gasteiger partial charge on any atom is 0.258 e. The van der Waals surface area contributed by atoms with Gasteiger partial charge in [0.2, 0.25) is 0 Å². The number of hydrogen-bond donors (Lipinski definition) is 2. The number of benzene rings is 1. The Hall–Kier alpha value is -2.70. The Labute approximate surface area is 116 Å². The first-order valence-corrected chi connectivity index (χ1v) is 5.86. The van der Waals surface area contributed by atoms with Gasteiger partial charge in [0.25, 0.3) is 5.91 Å². The molecule has 0 saturated carbocycles. The fourth-order valence-electron chi connectivity index (χ4n) is 1.74. The summed E-state index contributed by atoms with van der Waals surface area (Å²) in [6.45, 7) is 0. The predicted molar refractivity (Wildman–Crippen MR) is 75.1 cm³/mol. The quantitative estimate of drug-likeness (QED) is 0.821. The highest BCUT2D eigenvalue weighted by Gasteiger charge is 2.13. The summed E-state index contributed by atoms with van der Waals surface area (Å²) in [4.78, 5) is 12.0. The molecule has 2 aromatic rings. The lowest BCUT2D eigenvalue weighted by atomic mass is 10.2. The van der Waals surface area contributed by atoms with E-state index in [9.17, 15) is 4.79 Å². The van der Waals surface area contributed by atoms with E-state index in [4.69, 9.17) is 15.2 Å². The maximum atomic E-state index is 12.0. The third kappa shape index (κ3) is 2.66. The van der Waals surface area contributed by atoms with Crippen LogP contribution in [0.15, 0.2) is 24.5 Å². The van der Waals surface area contributed by atoms with Crippen LogP contribution in [0.2, 0.25) is 0 Å². The SMILES string of the molecule is COc1cc(N)c(NC(=O)c2cnn(C)c2)cc1OC. The zero-order valence-electron chi connectivity index (χ0n) is 11.5. The number of nitrogens with one attached hydrogen (secondary N) is 1. The van der Waals surface area contributed by atoms with Crippen LogP contribution in [0.4, 0.5) is 11.4 Å². The summed E-state index contributed by atoms with van der Waals surface area (Å²) in [6, 6.07) is 3.21. The Balaban J connectivity index is 2.27. The van der Waals surface area contributed by atoms with E-state index in [1.54, 1.807) is 30.1 Å². The van der Waals surface area contributed by atoms with E-state index in [0.717, 1.165) is 0 Å². The Kier molecular flexibility index (Phi) is 3.79. The van der Waals surface area contributed by atoms with Crippen LogP contribution in [0.1, 0.15) is 10.4 Å². The number of rotatable bonds is 4. The van der Waals surface area contributed by atoms with Gasteiger partial charge in [-0.3, -0.25) is 9.48 Å². The minimum absolute atomic E-state index is 0.294. The summed E-state index contributed by atoms with van der Waals surface area (Å²) in [7, 11) is 4.77. The third-order valence-electron chi connectivity index (χ3n) is 2.77. The number of nitrogen functional groups attached to an aromatic ring is 1. The molecule has 0 spiro atoms. The summed E-state index contributed by atoms with van der Waals surface area (Å²) in [5.41, 5.74) is 7.17. The van der Waals surface area contributed by atoms with Crippen LogP contribution >= 0.6 is 0 Å². The number of ether oxygens (including phenoxy) is 2. The molecule has 0 saturated heterocycles. The van der Waals surface area contributed by atoms with Gasteiger partial charge in [-0.05, 0) is 0 Å². The van der Waals surface area contributed by atoms with Crippen molar-refractivity contribution in [2.45, 2.75) is 0 Å². The number of carbonyl (C=O) groups excluding carboxylic acids is 1. The van der Waals surface area contributed by atoms with E-state index in [1.165, 1.54) is 20.4 Å². The number of nitrogens with zero attached hydrogens (tertiary/aromatic N) is 2. The van der Waals surface area contributed by atoms with Gasteiger partial charge < -0.3 is 20.5 Å². The molecule has 2 rings (SSSR count). The molecule has 7 heteroatoms. The molecule has 0 fully saturated rings. The number of aromatic nitrogens is 2. The molecule has 1 amide bonds. The van der Waals surface area contributed by atoms with Gasteiger partial charge in [-0.25, -0.2) is 0 Å². The number of carbonyl (C=O) groups is 1. The van der Waals surface area contributed by atoms with E-state index >= 15 is 0 Å². The van der Waals surface area contributed by atoms with Crippen LogP contribution in [-0.4, -0.2) is 29.9 Å². The molecule has 1 heterocycles. The summed E-state index contributed by atoms with van der Waals surface area (Å²) in [5.74, 6) is 0.699. The molecule has 7 nitrogen and oxygen atoms in total. The minimum Gasteiger partial charge on any atom is -0.493 e. The first-order valence-electron chi connectivity index (χ1n) is 5.86. The number of anilines is 2. The Bertz CT molecular complexity index is 637. The summed E-state index contributed by atoms with van der Waals surface area (Å²) < 4.78 is 11.9. The van der Waals surface area contributed by atoms with Gasteiger partial charge in [0.15, 0.2) is 11.5 Å². The second-order valence-corrected chi connectivity index (χ2v) is 4.15. The van der Waals surface area contributed by atoms with Gasteiger partial charge in [0.1, 0.15) is 0 Å². The van der Waals surface area contributed by atoms with Crippen molar-refractivity contribution >= 4 is 17.3 Å². The van der Waals surface area contributed by atoms with Gasteiger partial charge in [-0.15, -0.1) is 0 Å². The van der Waals surface area contributed by atoms with Crippen molar-refractivity contribution in [3.8, 4) is 11.5 Å². The van der Waals surface area contributed by atoms with Gasteiger partial charge in [0.05, 0.1) is 37.4 Å². The van der Waals surface area contributed by atoms with Crippen LogP contribution in [-0.2, 0) is 7.05 Å². The van der Waals surface area contributed by atoms with Crippen molar-refractivity contribution < 1.29 is 14.3 Å². The van der Waals surface area contributed by atoms with Gasteiger partial charge >= 0.3 is 0 Å². The van der Waals surface area contributed by atoms with Crippen LogP contribution in [0, 0.1) is 0 Å². The second-order valence-electron chi connectivity index (χ2n) is 4.15. The smallest absolute Gasteiger partial charge is 0.258 e. The molecule has 106 valence electrons. The molecule has 0 aliphatic rings. The number of hydrogen-bond acceptors (Lipinski definition) is 5. The molecule has 0 unspecified atom stereocenters. The normalized spacial score (nSPS) is 10.2. The fourth-order valence-corrected chi connectivity index (χ4v) is 1.74. The van der Waals surface area contributed by atoms with Crippen molar-refractivity contribution in [3.05, 3.63) is 30.1 Å². The highest BCUT2D eigenvalue weighted by Crippen LogP contribution is 2.34. The summed E-state index contributed by atoms with van der Waals surface area (Å²) >= 11 is 0. The van der Waals surface area contributed by atoms with Crippen LogP contribution in [0.25, 0.3) is 0 Å². The van der Waals surface area contributed by atoms with Crippen molar-refractivity contribution in [1.29, 1.82) is 0 Å². The average Bonchev–Trinajstić information content (AvgIpc) is 2.87. The largest absolute Gasteiger partial charge is 0.493 e. The molecule has 0 atom stereocenters. The van der Waals surface area contributed by atoms with Gasteiger partial charge in [-0.1, -0.05) is 0 Å². The number of nitrogens with two attached hydrogens (primary N) is 1. The Morgan fingerprint density at radius 1 is 1.30 bits per heavy atom. The third-order valence-corrected chi connectivity index (χ3v) is 2.77. The molecule has 1 aromatic carbocycles. The van der Waals surface area contributed by atoms with Gasteiger partial charge in [-0.2, -0.15) is 5.10 Å². The van der Waals surface area contributed by atoms with Gasteiger partial charge in [0, 0.05) is 25.4 Å². The van der Waals surface area contributed by atoms with E-state index in [1.807, 2.05) is 0 Å². The highest BCUT2D eigenvalue weighted by molar-refractivity contribution is 6.05. The molecule has 0 aliphatic carbocycles. The summed E-state index contributed by atoms with van der Waals surface area (Å²) in [5, 5.41) is 6.66. The fraction of sp³-hybridized carbons (Fsp3) is 0.231. The standard InChI is InChI=1S/C13H16N4O3/c1-17-7-8(6-15-17)13(18)16-10-5-12(20-3)11(19-2)4-9(10)14/h4-7H,14H2,1-3H3,(H,16,18). The lowest BCUT2D eigenvalue weighted by Crippen LogP contribution is -2.13. The zero-order valence-corrected chi connectivity index (χ0v) is 11.5. The van der Waals surface area contributed by atoms with E-state index in [-0.39, 0.29) is 5.91 Å². The van der Waals surface area contributed by atoms with Crippen molar-refractivity contribution in [3.63, 3.8) is 0 Å². The topological polar surface area (TPSA) is 91.4 Å². The molecule has 3 N–H and O–H groups in total. The highest BCUT2D eigenvalue weighted by atomic mass is 16.5. The van der Waals surface area contributed by atoms with Crippen LogP contribution in [0.3, 0.4) is 0 Å². The molecule has 0 radical (unpaired) electrons.